The molecule has 4 heteroatoms. The quantitative estimate of drug-likeness (QED) is 0.659. The summed E-state index contributed by atoms with van der Waals surface area (Å²) in [5.74, 6) is 0.922. The van der Waals surface area contributed by atoms with Gasteiger partial charge in [-0.15, -0.1) is 0 Å². The van der Waals surface area contributed by atoms with Crippen molar-refractivity contribution in [1.29, 1.82) is 0 Å². The van der Waals surface area contributed by atoms with E-state index < -0.39 is 0 Å². The number of carbonyl (C=O) groups is 1. The van der Waals surface area contributed by atoms with Gasteiger partial charge in [0.25, 0.3) is 0 Å². The number of nitrogens with zero attached hydrogens (tertiary/aromatic N) is 2. The van der Waals surface area contributed by atoms with Gasteiger partial charge in [-0.25, -0.2) is 0 Å². The van der Waals surface area contributed by atoms with Gasteiger partial charge in [-0.2, -0.15) is 0 Å². The zero-order chi connectivity index (χ0) is 18.5. The van der Waals surface area contributed by atoms with Crippen LogP contribution in [0.3, 0.4) is 0 Å². The Kier molecular flexibility index (Phi) is 5.24. The third kappa shape index (κ3) is 4.22. The van der Waals surface area contributed by atoms with Crippen molar-refractivity contribution in [3.63, 3.8) is 0 Å². The van der Waals surface area contributed by atoms with Crippen molar-refractivity contribution < 1.29 is 9.21 Å². The Hall–Kier alpha value is -3.01. The molecule has 1 aromatic heterocycles. The molecular weight excluding hydrogens is 336 g/mol. The summed E-state index contributed by atoms with van der Waals surface area (Å²) in [6, 6.07) is 22.3. The first-order chi connectivity index (χ1) is 13.3. The van der Waals surface area contributed by atoms with Crippen LogP contribution in [0.5, 0.6) is 0 Å². The number of furan rings is 1. The van der Waals surface area contributed by atoms with E-state index in [1.54, 1.807) is 6.26 Å². The molecule has 0 radical (unpaired) electrons. The Labute approximate surface area is 160 Å². The lowest BCUT2D eigenvalue weighted by molar-refractivity contribution is -0.131. The summed E-state index contributed by atoms with van der Waals surface area (Å²) in [5, 5.41) is 0. The molecule has 1 aliphatic heterocycles. The third-order valence-electron chi connectivity index (χ3n) is 5.03. The van der Waals surface area contributed by atoms with Gasteiger partial charge in [0.1, 0.15) is 5.76 Å². The summed E-state index contributed by atoms with van der Waals surface area (Å²) in [4.78, 5) is 17.3. The van der Waals surface area contributed by atoms with Crippen molar-refractivity contribution in [2.24, 2.45) is 0 Å². The molecule has 2 aromatic carbocycles. The second-order valence-electron chi connectivity index (χ2n) is 6.97. The van der Waals surface area contributed by atoms with Gasteiger partial charge in [0, 0.05) is 18.8 Å². The number of carbonyl (C=O) groups excluding carboxylic acids is 1. The lowest BCUT2D eigenvalue weighted by Crippen LogP contribution is -2.41. The van der Waals surface area contributed by atoms with Gasteiger partial charge in [0.15, 0.2) is 0 Å². The van der Waals surface area contributed by atoms with Gasteiger partial charge >= 0.3 is 0 Å². The minimum absolute atomic E-state index is 0.118. The molecule has 1 amide bonds. The lowest BCUT2D eigenvalue weighted by atomic mass is 10.0. The third-order valence-corrected chi connectivity index (χ3v) is 5.03. The average Bonchev–Trinajstić information content (AvgIpc) is 3.22. The average molecular weight is 360 g/mol. The minimum Gasteiger partial charge on any atom is -0.467 e. The fourth-order valence-electron chi connectivity index (χ4n) is 3.67. The highest BCUT2D eigenvalue weighted by Gasteiger charge is 2.22. The maximum absolute atomic E-state index is 13.2. The molecule has 0 atom stereocenters. The summed E-state index contributed by atoms with van der Waals surface area (Å²) in [5.41, 5.74) is 3.64. The summed E-state index contributed by atoms with van der Waals surface area (Å²) in [6.07, 6.45) is 3.82. The van der Waals surface area contributed by atoms with E-state index in [-0.39, 0.29) is 5.91 Å². The van der Waals surface area contributed by atoms with Crippen LogP contribution in [0, 0.1) is 0 Å². The highest BCUT2D eigenvalue weighted by atomic mass is 16.3. The molecular formula is C23H24N2O2. The zero-order valence-corrected chi connectivity index (χ0v) is 15.4. The first-order valence-electron chi connectivity index (χ1n) is 9.46. The Morgan fingerprint density at radius 2 is 1.78 bits per heavy atom. The van der Waals surface area contributed by atoms with E-state index in [2.05, 4.69) is 35.2 Å². The van der Waals surface area contributed by atoms with Gasteiger partial charge in [-0.3, -0.25) is 4.79 Å². The Morgan fingerprint density at radius 3 is 2.59 bits per heavy atom. The number of hydrogen-bond acceptors (Lipinski definition) is 3. The van der Waals surface area contributed by atoms with Gasteiger partial charge in [0.2, 0.25) is 5.91 Å². The Balaban J connectivity index is 1.52. The van der Waals surface area contributed by atoms with Crippen molar-refractivity contribution in [1.82, 2.24) is 4.90 Å². The standard InChI is InChI=1S/C23H24N2O2/c26-23(18-24-14-6-11-20-10-4-5-13-22(20)24)25(17-21-12-7-15-27-21)16-19-8-2-1-3-9-19/h1-5,7-10,12-13,15H,6,11,14,16-18H2. The van der Waals surface area contributed by atoms with Crippen LogP contribution in [-0.2, 0) is 24.3 Å². The molecule has 27 heavy (non-hydrogen) atoms. The zero-order valence-electron chi connectivity index (χ0n) is 15.4. The van der Waals surface area contributed by atoms with Crippen LogP contribution in [-0.4, -0.2) is 23.9 Å². The molecule has 1 aliphatic rings. The number of anilines is 1. The predicted octanol–water partition coefficient (Wildman–Crippen LogP) is 4.26. The van der Waals surface area contributed by atoms with Crippen LogP contribution in [0.4, 0.5) is 5.69 Å². The summed E-state index contributed by atoms with van der Waals surface area (Å²) in [7, 11) is 0. The minimum atomic E-state index is 0.118. The maximum Gasteiger partial charge on any atom is 0.242 e. The number of amides is 1. The smallest absolute Gasteiger partial charge is 0.242 e. The number of hydrogen-bond donors (Lipinski definition) is 0. The molecule has 0 spiro atoms. The molecule has 0 saturated carbocycles. The van der Waals surface area contributed by atoms with Crippen LogP contribution in [0.25, 0.3) is 0 Å². The van der Waals surface area contributed by atoms with Crippen molar-refractivity contribution in [2.45, 2.75) is 25.9 Å². The van der Waals surface area contributed by atoms with Crippen molar-refractivity contribution in [3.05, 3.63) is 89.9 Å². The predicted molar refractivity (Wildman–Crippen MR) is 106 cm³/mol. The summed E-state index contributed by atoms with van der Waals surface area (Å²) >= 11 is 0. The molecule has 3 aromatic rings. The Morgan fingerprint density at radius 1 is 0.963 bits per heavy atom. The van der Waals surface area contributed by atoms with Crippen LogP contribution in [0.1, 0.15) is 23.3 Å². The largest absolute Gasteiger partial charge is 0.467 e. The van der Waals surface area contributed by atoms with Crippen molar-refractivity contribution in [3.8, 4) is 0 Å². The van der Waals surface area contributed by atoms with E-state index in [9.17, 15) is 4.79 Å². The topological polar surface area (TPSA) is 36.7 Å². The van der Waals surface area contributed by atoms with Gasteiger partial charge in [-0.05, 0) is 42.2 Å². The number of para-hydroxylation sites is 1. The van der Waals surface area contributed by atoms with Crippen molar-refractivity contribution >= 4 is 11.6 Å². The molecule has 2 heterocycles. The number of rotatable bonds is 6. The fraction of sp³-hybridized carbons (Fsp3) is 0.261. The van der Waals surface area contributed by atoms with E-state index >= 15 is 0 Å². The maximum atomic E-state index is 13.2. The SMILES string of the molecule is O=C(CN1CCCc2ccccc21)N(Cc1ccccc1)Cc1ccco1. The van der Waals surface area contributed by atoms with Crippen LogP contribution in [0.15, 0.2) is 77.4 Å². The fourth-order valence-corrected chi connectivity index (χ4v) is 3.67. The van der Waals surface area contributed by atoms with Crippen molar-refractivity contribution in [2.75, 3.05) is 18.0 Å². The molecule has 0 saturated heterocycles. The normalized spacial score (nSPS) is 13.3. The second kappa shape index (κ2) is 8.12. The highest BCUT2D eigenvalue weighted by Crippen LogP contribution is 2.26. The molecule has 4 rings (SSSR count). The lowest BCUT2D eigenvalue weighted by Gasteiger charge is -2.33. The summed E-state index contributed by atoms with van der Waals surface area (Å²) < 4.78 is 5.49. The molecule has 0 unspecified atom stereocenters. The van der Waals surface area contributed by atoms with E-state index in [0.29, 0.717) is 19.6 Å². The Bertz CT molecular complexity index is 874. The number of benzene rings is 2. The molecule has 0 aliphatic carbocycles. The first-order valence-corrected chi connectivity index (χ1v) is 9.46. The molecule has 0 N–H and O–H groups in total. The highest BCUT2D eigenvalue weighted by molar-refractivity contribution is 5.82. The van der Waals surface area contributed by atoms with Gasteiger partial charge < -0.3 is 14.2 Å². The van der Waals surface area contributed by atoms with Crippen LogP contribution < -0.4 is 4.90 Å². The molecule has 0 bridgehead atoms. The van der Waals surface area contributed by atoms with Crippen LogP contribution in [0.2, 0.25) is 0 Å². The molecule has 4 nitrogen and oxygen atoms in total. The van der Waals surface area contributed by atoms with Gasteiger partial charge in [-0.1, -0.05) is 48.5 Å². The van der Waals surface area contributed by atoms with E-state index in [0.717, 1.165) is 30.7 Å². The van der Waals surface area contributed by atoms with E-state index in [1.165, 1.54) is 11.3 Å². The number of fused-ring (bicyclic) bond motifs is 1. The summed E-state index contributed by atoms with van der Waals surface area (Å²) in [6.45, 7) is 2.37. The van der Waals surface area contributed by atoms with E-state index in [1.807, 2.05) is 41.3 Å². The van der Waals surface area contributed by atoms with Crippen LogP contribution >= 0.6 is 0 Å². The monoisotopic (exact) mass is 360 g/mol. The van der Waals surface area contributed by atoms with E-state index in [4.69, 9.17) is 4.42 Å². The molecule has 138 valence electrons. The second-order valence-corrected chi connectivity index (χ2v) is 6.97. The molecule has 0 fully saturated rings. The van der Waals surface area contributed by atoms with Gasteiger partial charge in [0.05, 0.1) is 19.4 Å². The first kappa shape index (κ1) is 17.4. The number of aryl methyl sites for hydroxylation is 1.